The smallest absolute Gasteiger partial charge is 0.277 e. The van der Waals surface area contributed by atoms with E-state index in [0.717, 1.165) is 30.5 Å². The van der Waals surface area contributed by atoms with Gasteiger partial charge in [-0.05, 0) is 43.9 Å². The zero-order chi connectivity index (χ0) is 21.4. The van der Waals surface area contributed by atoms with Crippen LogP contribution in [0.25, 0.3) is 0 Å². The van der Waals surface area contributed by atoms with Crippen LogP contribution in [0.5, 0.6) is 0 Å². The van der Waals surface area contributed by atoms with Crippen molar-refractivity contribution in [2.75, 3.05) is 16.4 Å². The van der Waals surface area contributed by atoms with Crippen molar-refractivity contribution >= 4 is 29.0 Å². The van der Waals surface area contributed by atoms with Gasteiger partial charge in [-0.25, -0.2) is 4.98 Å². The van der Waals surface area contributed by atoms with Gasteiger partial charge >= 0.3 is 0 Å². The number of carbonyl (C=O) groups is 2. The Hall–Kier alpha value is -3.36. The Kier molecular flexibility index (Phi) is 5.19. The summed E-state index contributed by atoms with van der Waals surface area (Å²) in [4.78, 5) is 42.0. The highest BCUT2D eigenvalue weighted by Gasteiger charge is 2.33. The molecule has 5 N–H and O–H groups in total. The van der Waals surface area contributed by atoms with E-state index in [1.165, 1.54) is 4.57 Å². The molecule has 0 radical (unpaired) electrons. The van der Waals surface area contributed by atoms with Crippen LogP contribution in [0, 0.1) is 19.8 Å². The number of aromatic nitrogens is 2. The van der Waals surface area contributed by atoms with Crippen LogP contribution in [0.4, 0.5) is 17.2 Å². The van der Waals surface area contributed by atoms with E-state index < -0.39 is 5.56 Å². The zero-order valence-electron chi connectivity index (χ0n) is 17.1. The van der Waals surface area contributed by atoms with Gasteiger partial charge in [0, 0.05) is 17.9 Å². The number of pyridine rings is 2. The second-order valence-electron chi connectivity index (χ2n) is 8.09. The normalized spacial score (nSPS) is 17.7. The van der Waals surface area contributed by atoms with Crippen LogP contribution < -0.4 is 27.2 Å². The van der Waals surface area contributed by atoms with Gasteiger partial charge in [0.1, 0.15) is 24.1 Å². The van der Waals surface area contributed by atoms with E-state index in [1.54, 1.807) is 19.1 Å². The number of nitrogens with zero attached hydrogens (tertiary/aromatic N) is 2. The van der Waals surface area contributed by atoms with Gasteiger partial charge < -0.3 is 26.3 Å². The molecule has 9 heteroatoms. The Bertz CT molecular complexity index is 1070. The fourth-order valence-electron chi connectivity index (χ4n) is 3.71. The molecule has 0 saturated heterocycles. The van der Waals surface area contributed by atoms with Crippen molar-refractivity contribution in [1.29, 1.82) is 0 Å². The van der Waals surface area contributed by atoms with E-state index in [1.807, 2.05) is 13.0 Å². The number of nitrogens with two attached hydrogens (primary N) is 1. The standard InChI is InChI=1S/C21H26N6O3/c1-11-7-15-19(26-20(29)16(25-15)8-13-3-4-13)21(30)27(11)10-18(28)23-9-14-5-6-17(22)24-12(14)2/h5-7,13,16,25H,3-4,8-10H2,1-2H3,(H2,22,24)(H,23,28)(H,26,29)/t16-/m1/s1. The number of carbonyl (C=O) groups excluding carboxylic acids is 2. The van der Waals surface area contributed by atoms with Crippen LogP contribution in [0.15, 0.2) is 23.0 Å². The summed E-state index contributed by atoms with van der Waals surface area (Å²) in [6, 6.07) is 4.98. The molecule has 0 aromatic carbocycles. The third kappa shape index (κ3) is 4.14. The molecule has 1 fully saturated rings. The summed E-state index contributed by atoms with van der Waals surface area (Å²) in [6.07, 6.45) is 3.08. The van der Waals surface area contributed by atoms with Crippen molar-refractivity contribution in [3.8, 4) is 0 Å². The molecule has 0 unspecified atom stereocenters. The number of nitrogens with one attached hydrogen (secondary N) is 3. The molecule has 2 amide bonds. The maximum Gasteiger partial charge on any atom is 0.277 e. The number of hydrogen-bond donors (Lipinski definition) is 4. The average Bonchev–Trinajstić information content (AvgIpc) is 3.50. The first-order chi connectivity index (χ1) is 14.3. The lowest BCUT2D eigenvalue weighted by Gasteiger charge is -2.27. The molecular weight excluding hydrogens is 384 g/mol. The number of amides is 2. The van der Waals surface area contributed by atoms with Gasteiger partial charge in [0.25, 0.3) is 5.56 Å². The predicted molar refractivity (Wildman–Crippen MR) is 114 cm³/mol. The van der Waals surface area contributed by atoms with Gasteiger partial charge in [-0.1, -0.05) is 18.9 Å². The number of fused-ring (bicyclic) bond motifs is 1. The molecule has 2 aromatic heterocycles. The van der Waals surface area contributed by atoms with Gasteiger partial charge in [-0.3, -0.25) is 14.4 Å². The Morgan fingerprint density at radius 2 is 2.07 bits per heavy atom. The summed E-state index contributed by atoms with van der Waals surface area (Å²) >= 11 is 0. The molecule has 9 nitrogen and oxygen atoms in total. The lowest BCUT2D eigenvalue weighted by Crippen LogP contribution is -2.43. The van der Waals surface area contributed by atoms with E-state index in [2.05, 4.69) is 20.9 Å². The molecule has 1 saturated carbocycles. The van der Waals surface area contributed by atoms with Gasteiger partial charge in [0.05, 0.1) is 5.69 Å². The molecule has 0 bridgehead atoms. The minimum absolute atomic E-state index is 0.138. The quantitative estimate of drug-likeness (QED) is 0.568. The fourth-order valence-corrected chi connectivity index (χ4v) is 3.71. The van der Waals surface area contributed by atoms with E-state index in [0.29, 0.717) is 23.1 Å². The lowest BCUT2D eigenvalue weighted by atomic mass is 10.1. The van der Waals surface area contributed by atoms with Crippen LogP contribution in [0.1, 0.15) is 36.2 Å². The summed E-state index contributed by atoms with van der Waals surface area (Å²) in [5.74, 6) is 0.504. The van der Waals surface area contributed by atoms with Gasteiger partial charge in [0.15, 0.2) is 0 Å². The van der Waals surface area contributed by atoms with Crippen molar-refractivity contribution in [1.82, 2.24) is 14.9 Å². The number of hydrogen-bond acceptors (Lipinski definition) is 6. The first kappa shape index (κ1) is 19.9. The Morgan fingerprint density at radius 3 is 2.77 bits per heavy atom. The molecule has 2 aromatic rings. The minimum Gasteiger partial charge on any atom is -0.384 e. The van der Waals surface area contributed by atoms with Crippen molar-refractivity contribution in [2.24, 2.45) is 5.92 Å². The minimum atomic E-state index is -0.392. The zero-order valence-corrected chi connectivity index (χ0v) is 17.1. The molecule has 30 heavy (non-hydrogen) atoms. The highest BCUT2D eigenvalue weighted by Crippen LogP contribution is 2.36. The monoisotopic (exact) mass is 410 g/mol. The molecule has 0 spiro atoms. The Balaban J connectivity index is 1.47. The van der Waals surface area contributed by atoms with Crippen LogP contribution >= 0.6 is 0 Å². The number of rotatable bonds is 6. The number of nitrogen functional groups attached to an aromatic ring is 1. The molecule has 1 aliphatic heterocycles. The van der Waals surface area contributed by atoms with E-state index >= 15 is 0 Å². The van der Waals surface area contributed by atoms with Crippen molar-refractivity contribution in [3.63, 3.8) is 0 Å². The second-order valence-corrected chi connectivity index (χ2v) is 8.09. The lowest BCUT2D eigenvalue weighted by molar-refractivity contribution is -0.122. The first-order valence-corrected chi connectivity index (χ1v) is 10.1. The molecular formula is C21H26N6O3. The summed E-state index contributed by atoms with van der Waals surface area (Å²) < 4.78 is 1.37. The van der Waals surface area contributed by atoms with Crippen molar-refractivity contribution in [3.05, 3.63) is 45.5 Å². The highest BCUT2D eigenvalue weighted by molar-refractivity contribution is 6.02. The Labute approximate surface area is 174 Å². The fraction of sp³-hybridized carbons (Fsp3) is 0.429. The number of anilines is 3. The molecule has 4 rings (SSSR count). The van der Waals surface area contributed by atoms with Crippen molar-refractivity contribution < 1.29 is 9.59 Å². The predicted octanol–water partition coefficient (Wildman–Crippen LogP) is 1.29. The molecule has 3 heterocycles. The molecule has 2 aliphatic rings. The Morgan fingerprint density at radius 1 is 1.30 bits per heavy atom. The van der Waals surface area contributed by atoms with Crippen LogP contribution in [-0.2, 0) is 22.7 Å². The van der Waals surface area contributed by atoms with Crippen molar-refractivity contribution in [2.45, 2.75) is 52.2 Å². The third-order valence-electron chi connectivity index (χ3n) is 5.66. The van der Waals surface area contributed by atoms with Crippen LogP contribution in [0.2, 0.25) is 0 Å². The molecule has 1 aliphatic carbocycles. The maximum absolute atomic E-state index is 12.9. The SMILES string of the molecule is Cc1nc(N)ccc1CNC(=O)Cn1c(C)cc2c(c1=O)NC(=O)[C@@H](CC1CC1)N2. The average molecular weight is 410 g/mol. The maximum atomic E-state index is 12.9. The summed E-state index contributed by atoms with van der Waals surface area (Å²) in [6.45, 7) is 3.75. The first-order valence-electron chi connectivity index (χ1n) is 10.1. The molecule has 158 valence electrons. The van der Waals surface area contributed by atoms with E-state index in [-0.39, 0.29) is 36.6 Å². The summed E-state index contributed by atoms with van der Waals surface area (Å²) in [5.41, 5.74) is 8.31. The summed E-state index contributed by atoms with van der Waals surface area (Å²) in [5, 5.41) is 8.74. The van der Waals surface area contributed by atoms with Crippen LogP contribution in [0.3, 0.4) is 0 Å². The summed E-state index contributed by atoms with van der Waals surface area (Å²) in [7, 11) is 0. The van der Waals surface area contributed by atoms with Crippen LogP contribution in [-0.4, -0.2) is 27.4 Å². The third-order valence-corrected chi connectivity index (χ3v) is 5.66. The largest absolute Gasteiger partial charge is 0.384 e. The van der Waals surface area contributed by atoms with E-state index in [4.69, 9.17) is 5.73 Å². The number of aryl methyl sites for hydroxylation is 2. The molecule has 1 atom stereocenters. The highest BCUT2D eigenvalue weighted by atomic mass is 16.2. The van der Waals surface area contributed by atoms with Gasteiger partial charge in [-0.2, -0.15) is 0 Å². The van der Waals surface area contributed by atoms with E-state index in [9.17, 15) is 14.4 Å². The van der Waals surface area contributed by atoms with Gasteiger partial charge in [-0.15, -0.1) is 0 Å². The topological polar surface area (TPSA) is 131 Å². The van der Waals surface area contributed by atoms with Gasteiger partial charge in [0.2, 0.25) is 11.8 Å². The second kappa shape index (κ2) is 7.81.